The van der Waals surface area contributed by atoms with E-state index in [0.29, 0.717) is 0 Å². The molecular formula is C11H16IN3. The van der Waals surface area contributed by atoms with Crippen LogP contribution in [-0.4, -0.2) is 9.97 Å². The maximum absolute atomic E-state index is 3.67. The molecule has 15 heavy (non-hydrogen) atoms. The van der Waals surface area contributed by atoms with Crippen molar-refractivity contribution < 1.29 is 28.5 Å². The number of nitrogens with one attached hydrogen (secondary N) is 1. The molecule has 0 aliphatic heterocycles. The largest absolute Gasteiger partial charge is 1.00 e. The van der Waals surface area contributed by atoms with Crippen LogP contribution in [0.25, 0.3) is 0 Å². The molecule has 0 unspecified atom stereocenters. The summed E-state index contributed by atoms with van der Waals surface area (Å²) < 4.78 is 2.16. The molecule has 0 aliphatic rings. The molecule has 82 valence electrons. The number of aromatic amines is 1. The van der Waals surface area contributed by atoms with Gasteiger partial charge < -0.3 is 29.0 Å². The number of hydrogen-bond acceptors (Lipinski definition) is 1. The highest BCUT2D eigenvalue weighted by Gasteiger charge is 1.92. The van der Waals surface area contributed by atoms with Crippen molar-refractivity contribution in [3.05, 3.63) is 48.8 Å². The predicted octanol–water partition coefficient (Wildman–Crippen LogP) is -1.28. The molecule has 0 fully saturated rings. The van der Waals surface area contributed by atoms with Crippen LogP contribution in [0.4, 0.5) is 0 Å². The number of hydrogen-bond donors (Lipinski definition) is 1. The van der Waals surface area contributed by atoms with E-state index in [2.05, 4.69) is 52.9 Å². The average Bonchev–Trinajstić information content (AvgIpc) is 2.75. The quantitative estimate of drug-likeness (QED) is 0.516. The fraction of sp³-hybridized carbons (Fsp3) is 0.273. The van der Waals surface area contributed by atoms with Crippen molar-refractivity contribution >= 4 is 0 Å². The van der Waals surface area contributed by atoms with Crippen LogP contribution >= 0.6 is 0 Å². The molecule has 2 rings (SSSR count). The first-order valence-electron chi connectivity index (χ1n) is 4.71. The summed E-state index contributed by atoms with van der Waals surface area (Å²) in [5.41, 5.74) is 1.32. The lowest BCUT2D eigenvalue weighted by molar-refractivity contribution is -0.693. The van der Waals surface area contributed by atoms with Crippen LogP contribution in [-0.2, 0) is 6.54 Å². The van der Waals surface area contributed by atoms with Crippen molar-refractivity contribution in [2.24, 2.45) is 0 Å². The Morgan fingerprint density at radius 3 is 2.60 bits per heavy atom. The summed E-state index contributed by atoms with van der Waals surface area (Å²) in [4.78, 5) is 6.42. The molecule has 0 amide bonds. The Bertz CT molecular complexity index is 329. The zero-order valence-corrected chi connectivity index (χ0v) is 11.2. The number of pyridine rings is 1. The monoisotopic (exact) mass is 317 g/mol. The highest BCUT2D eigenvalue weighted by atomic mass is 127. The third-order valence-corrected chi connectivity index (χ3v) is 1.78. The molecule has 3 nitrogen and oxygen atoms in total. The summed E-state index contributed by atoms with van der Waals surface area (Å²) in [7, 11) is 0. The van der Waals surface area contributed by atoms with E-state index in [1.54, 1.807) is 18.7 Å². The van der Waals surface area contributed by atoms with Crippen molar-refractivity contribution in [2.75, 3.05) is 0 Å². The molecule has 1 N–H and O–H groups in total. The van der Waals surface area contributed by atoms with Gasteiger partial charge in [-0.3, -0.25) is 0 Å². The Balaban J connectivity index is 0.000000280. The second-order valence-corrected chi connectivity index (χ2v) is 2.97. The molecule has 0 radical (unpaired) electrons. The van der Waals surface area contributed by atoms with Crippen LogP contribution < -0.4 is 28.5 Å². The molecule has 2 aromatic rings. The first-order chi connectivity index (χ1) is 6.83. The number of H-pyrrole nitrogens is 1. The van der Waals surface area contributed by atoms with Gasteiger partial charge in [-0.2, -0.15) is 0 Å². The second-order valence-electron chi connectivity index (χ2n) is 2.97. The van der Waals surface area contributed by atoms with Crippen LogP contribution in [0, 0.1) is 6.92 Å². The minimum atomic E-state index is 0. The van der Waals surface area contributed by atoms with Crippen molar-refractivity contribution in [3.8, 4) is 0 Å². The lowest BCUT2D eigenvalue weighted by Gasteiger charge is -1.90. The molecule has 0 bridgehead atoms. The lowest BCUT2D eigenvalue weighted by Crippen LogP contribution is -3.00. The van der Waals surface area contributed by atoms with Gasteiger partial charge >= 0.3 is 0 Å². The van der Waals surface area contributed by atoms with E-state index in [1.807, 2.05) is 0 Å². The Morgan fingerprint density at radius 2 is 2.27 bits per heavy atom. The maximum atomic E-state index is 3.67. The maximum Gasteiger partial charge on any atom is 0.171 e. The Kier molecular flexibility index (Phi) is 7.89. The van der Waals surface area contributed by atoms with Crippen LogP contribution in [0.15, 0.2) is 43.2 Å². The molecule has 0 aliphatic carbocycles. The zero-order chi connectivity index (χ0) is 10.2. The summed E-state index contributed by atoms with van der Waals surface area (Å²) >= 11 is 0. The number of aromatic nitrogens is 3. The van der Waals surface area contributed by atoms with E-state index >= 15 is 0 Å². The number of halogens is 1. The van der Waals surface area contributed by atoms with Crippen molar-refractivity contribution in [2.45, 2.75) is 20.4 Å². The molecular weight excluding hydrogens is 301 g/mol. The van der Waals surface area contributed by atoms with Crippen molar-refractivity contribution in [1.29, 1.82) is 0 Å². The SMILES string of the molecule is CC[n+]1cccc(C)c1.[I-].c1c[nH]cn1. The number of rotatable bonds is 1. The first-order valence-corrected chi connectivity index (χ1v) is 4.71. The average molecular weight is 317 g/mol. The van der Waals surface area contributed by atoms with Gasteiger partial charge in [-0.15, -0.1) is 0 Å². The molecule has 0 atom stereocenters. The summed E-state index contributed by atoms with van der Waals surface area (Å²) in [5.74, 6) is 0. The molecule has 0 spiro atoms. The third kappa shape index (κ3) is 6.22. The van der Waals surface area contributed by atoms with Crippen LogP contribution in [0.3, 0.4) is 0 Å². The van der Waals surface area contributed by atoms with E-state index in [0.717, 1.165) is 6.54 Å². The minimum absolute atomic E-state index is 0. The van der Waals surface area contributed by atoms with Gasteiger partial charge in [-0.05, 0) is 19.9 Å². The molecule has 0 saturated heterocycles. The standard InChI is InChI=1S/C8H12N.C3H4N2.HI/c1-3-9-6-4-5-8(2)7-9;1-2-5-3-4-1;/h4-7H,3H2,1-2H3;1-3H,(H,4,5);1H/q+1;;/p-1. The van der Waals surface area contributed by atoms with Crippen molar-refractivity contribution in [3.63, 3.8) is 0 Å². The molecule has 4 heteroatoms. The van der Waals surface area contributed by atoms with Crippen LogP contribution in [0.1, 0.15) is 12.5 Å². The summed E-state index contributed by atoms with van der Waals surface area (Å²) in [6.45, 7) is 5.30. The lowest BCUT2D eigenvalue weighted by atomic mass is 10.3. The zero-order valence-electron chi connectivity index (χ0n) is 9.02. The van der Waals surface area contributed by atoms with E-state index < -0.39 is 0 Å². The van der Waals surface area contributed by atoms with Crippen molar-refractivity contribution in [1.82, 2.24) is 9.97 Å². The first kappa shape index (κ1) is 14.1. The summed E-state index contributed by atoms with van der Waals surface area (Å²) in [6.07, 6.45) is 9.30. The molecule has 0 saturated carbocycles. The number of aryl methyl sites for hydroxylation is 2. The molecule has 2 heterocycles. The fourth-order valence-corrected chi connectivity index (χ4v) is 1.06. The van der Waals surface area contributed by atoms with Gasteiger partial charge in [-0.1, -0.05) is 0 Å². The van der Waals surface area contributed by atoms with Gasteiger partial charge in [0.1, 0.15) is 6.54 Å². The van der Waals surface area contributed by atoms with Gasteiger partial charge in [0.15, 0.2) is 12.4 Å². The number of nitrogens with zero attached hydrogens (tertiary/aromatic N) is 2. The summed E-state index contributed by atoms with van der Waals surface area (Å²) in [5, 5.41) is 0. The van der Waals surface area contributed by atoms with Gasteiger partial charge in [-0.25, -0.2) is 9.55 Å². The summed E-state index contributed by atoms with van der Waals surface area (Å²) in [6, 6.07) is 4.17. The van der Waals surface area contributed by atoms with E-state index in [1.165, 1.54) is 5.56 Å². The highest BCUT2D eigenvalue weighted by molar-refractivity contribution is 5.01. The van der Waals surface area contributed by atoms with Gasteiger partial charge in [0.05, 0.1) is 6.33 Å². The molecule has 0 aromatic carbocycles. The van der Waals surface area contributed by atoms with Crippen LogP contribution in [0.2, 0.25) is 0 Å². The Labute approximate surface area is 108 Å². The normalized spacial score (nSPS) is 8.40. The smallest absolute Gasteiger partial charge is 0.171 e. The second kappa shape index (κ2) is 8.40. The van der Waals surface area contributed by atoms with E-state index in [4.69, 9.17) is 0 Å². The third-order valence-electron chi connectivity index (χ3n) is 1.78. The minimum Gasteiger partial charge on any atom is -1.00 e. The highest BCUT2D eigenvalue weighted by Crippen LogP contribution is 1.88. The van der Waals surface area contributed by atoms with Gasteiger partial charge in [0.25, 0.3) is 0 Å². The topological polar surface area (TPSA) is 32.6 Å². The van der Waals surface area contributed by atoms with Gasteiger partial charge in [0, 0.05) is 24.0 Å². The van der Waals surface area contributed by atoms with Crippen LogP contribution in [0.5, 0.6) is 0 Å². The van der Waals surface area contributed by atoms with E-state index in [-0.39, 0.29) is 24.0 Å². The predicted molar refractivity (Wildman–Crippen MR) is 55.6 cm³/mol. The Hall–Kier alpha value is -0.910. The molecule has 2 aromatic heterocycles. The Morgan fingerprint density at radius 1 is 1.47 bits per heavy atom. The van der Waals surface area contributed by atoms with Gasteiger partial charge in [0.2, 0.25) is 0 Å². The van der Waals surface area contributed by atoms with E-state index in [9.17, 15) is 0 Å². The number of imidazole rings is 1. The fourth-order valence-electron chi connectivity index (χ4n) is 1.06.